The molecule has 0 radical (unpaired) electrons. The summed E-state index contributed by atoms with van der Waals surface area (Å²) in [6.07, 6.45) is 2.67. The fourth-order valence-electron chi connectivity index (χ4n) is 3.23. The number of aryl methyl sites for hydroxylation is 1. The Morgan fingerprint density at radius 2 is 2.22 bits per heavy atom. The minimum atomic E-state index is -0.524. The molecule has 1 aromatic carbocycles. The molecule has 0 bridgehead atoms. The predicted molar refractivity (Wildman–Crippen MR) is 69.7 cm³/mol. The van der Waals surface area contributed by atoms with Crippen molar-refractivity contribution in [3.8, 4) is 0 Å². The van der Waals surface area contributed by atoms with Crippen molar-refractivity contribution in [3.05, 3.63) is 35.4 Å². The van der Waals surface area contributed by atoms with Crippen LogP contribution in [-0.2, 0) is 12.0 Å². The van der Waals surface area contributed by atoms with Crippen molar-refractivity contribution in [2.24, 2.45) is 0 Å². The molecule has 4 nitrogen and oxygen atoms in total. The number of fused-ring (bicyclic) bond motifs is 2. The largest absolute Gasteiger partial charge is 0.323 e. The zero-order chi connectivity index (χ0) is 12.8. The van der Waals surface area contributed by atoms with E-state index in [1.807, 2.05) is 17.0 Å². The first kappa shape index (κ1) is 11.3. The quantitative estimate of drug-likeness (QED) is 0.822. The molecule has 2 N–H and O–H groups in total. The van der Waals surface area contributed by atoms with Gasteiger partial charge in [-0.05, 0) is 30.4 Å². The summed E-state index contributed by atoms with van der Waals surface area (Å²) in [6, 6.07) is 8.05. The van der Waals surface area contributed by atoms with Gasteiger partial charge in [0.2, 0.25) is 0 Å². The molecule has 4 heteroatoms. The van der Waals surface area contributed by atoms with Crippen molar-refractivity contribution in [2.45, 2.75) is 31.7 Å². The van der Waals surface area contributed by atoms with Crippen molar-refractivity contribution >= 4 is 11.9 Å². The van der Waals surface area contributed by atoms with Gasteiger partial charge in [0, 0.05) is 6.54 Å². The summed E-state index contributed by atoms with van der Waals surface area (Å²) >= 11 is 0. The highest BCUT2D eigenvalue weighted by Crippen LogP contribution is 2.44. The summed E-state index contributed by atoms with van der Waals surface area (Å²) in [5.74, 6) is 0.339. The Labute approximate surface area is 106 Å². The molecule has 1 spiro atoms. The summed E-state index contributed by atoms with van der Waals surface area (Å²) in [7, 11) is 0. The first-order valence-corrected chi connectivity index (χ1v) is 6.46. The maximum Gasteiger partial charge on any atom is 0.323 e. The van der Waals surface area contributed by atoms with E-state index < -0.39 is 5.54 Å². The number of hydrogen-bond donors (Lipinski definition) is 2. The number of hydrogen-bond acceptors (Lipinski definition) is 2. The zero-order valence-corrected chi connectivity index (χ0v) is 10.5. The monoisotopic (exact) mass is 243 g/mol. The number of rotatable bonds is 2. The Morgan fingerprint density at radius 3 is 3.00 bits per heavy atom. The lowest BCUT2D eigenvalue weighted by atomic mass is 9.89. The summed E-state index contributed by atoms with van der Waals surface area (Å²) in [5.41, 5.74) is 1.87. The highest BCUT2D eigenvalue weighted by atomic mass is 16.2. The third-order valence-corrected chi connectivity index (χ3v) is 4.02. The summed E-state index contributed by atoms with van der Waals surface area (Å²) in [4.78, 5) is 13.9. The van der Waals surface area contributed by atoms with Crippen LogP contribution >= 0.6 is 0 Å². The van der Waals surface area contributed by atoms with Crippen LogP contribution in [0.15, 0.2) is 24.3 Å². The minimum absolute atomic E-state index is 0.126. The van der Waals surface area contributed by atoms with Gasteiger partial charge in [-0.3, -0.25) is 10.7 Å². The number of carbonyl (C=O) groups excluding carboxylic acids is 1. The Kier molecular flexibility index (Phi) is 2.40. The van der Waals surface area contributed by atoms with Gasteiger partial charge in [-0.25, -0.2) is 4.79 Å². The van der Waals surface area contributed by atoms with Gasteiger partial charge in [-0.15, -0.1) is 0 Å². The van der Waals surface area contributed by atoms with Crippen molar-refractivity contribution in [1.82, 2.24) is 10.2 Å². The number of amidine groups is 1. The van der Waals surface area contributed by atoms with E-state index in [4.69, 9.17) is 5.41 Å². The van der Waals surface area contributed by atoms with Crippen LogP contribution in [0.5, 0.6) is 0 Å². The molecular formula is C14H17N3O. The third-order valence-electron chi connectivity index (χ3n) is 4.02. The molecule has 2 aliphatic rings. The van der Waals surface area contributed by atoms with E-state index in [2.05, 4.69) is 24.4 Å². The molecule has 1 aliphatic carbocycles. The fraction of sp³-hybridized carbons (Fsp3) is 0.429. The van der Waals surface area contributed by atoms with E-state index in [0.29, 0.717) is 12.4 Å². The van der Waals surface area contributed by atoms with Crippen LogP contribution in [0.2, 0.25) is 0 Å². The molecule has 1 fully saturated rings. The highest BCUT2D eigenvalue weighted by Gasteiger charge is 2.54. The average Bonchev–Trinajstić information content (AvgIpc) is 2.86. The van der Waals surface area contributed by atoms with Gasteiger partial charge in [-0.1, -0.05) is 31.2 Å². The van der Waals surface area contributed by atoms with Gasteiger partial charge < -0.3 is 4.90 Å². The minimum Gasteiger partial charge on any atom is -0.307 e. The number of urea groups is 1. The maximum atomic E-state index is 12.0. The Bertz CT molecular complexity index is 526. The Balaban J connectivity index is 2.14. The maximum absolute atomic E-state index is 12.0. The third kappa shape index (κ3) is 1.26. The summed E-state index contributed by atoms with van der Waals surface area (Å²) in [5, 5.41) is 10.9. The number of nitrogens with one attached hydrogen (secondary N) is 2. The molecule has 1 heterocycles. The van der Waals surface area contributed by atoms with Crippen molar-refractivity contribution in [2.75, 3.05) is 6.54 Å². The van der Waals surface area contributed by atoms with Crippen molar-refractivity contribution in [3.63, 3.8) is 0 Å². The van der Waals surface area contributed by atoms with Gasteiger partial charge in [0.1, 0.15) is 11.4 Å². The molecule has 94 valence electrons. The van der Waals surface area contributed by atoms with Crippen LogP contribution in [-0.4, -0.2) is 23.3 Å². The van der Waals surface area contributed by atoms with Gasteiger partial charge in [0.25, 0.3) is 0 Å². The van der Waals surface area contributed by atoms with Crippen LogP contribution in [0.1, 0.15) is 30.9 Å². The van der Waals surface area contributed by atoms with E-state index in [-0.39, 0.29) is 6.03 Å². The molecule has 18 heavy (non-hydrogen) atoms. The summed E-state index contributed by atoms with van der Waals surface area (Å²) in [6.45, 7) is 2.76. The van der Waals surface area contributed by atoms with Gasteiger partial charge >= 0.3 is 6.03 Å². The number of carbonyl (C=O) groups is 1. The zero-order valence-electron chi connectivity index (χ0n) is 10.5. The van der Waals surface area contributed by atoms with Gasteiger partial charge in [0.05, 0.1) is 0 Å². The fourth-order valence-corrected chi connectivity index (χ4v) is 3.23. The molecule has 3 rings (SSSR count). The van der Waals surface area contributed by atoms with Crippen molar-refractivity contribution in [1.29, 1.82) is 5.41 Å². The van der Waals surface area contributed by atoms with E-state index >= 15 is 0 Å². The molecule has 1 atom stereocenters. The predicted octanol–water partition coefficient (Wildman–Crippen LogP) is 2.24. The van der Waals surface area contributed by atoms with Crippen molar-refractivity contribution < 1.29 is 4.79 Å². The van der Waals surface area contributed by atoms with E-state index in [1.54, 1.807) is 0 Å². The number of nitrogens with zero attached hydrogens (tertiary/aromatic N) is 1. The van der Waals surface area contributed by atoms with Crippen LogP contribution in [0, 0.1) is 5.41 Å². The molecule has 0 aromatic heterocycles. The molecule has 1 saturated heterocycles. The molecule has 1 unspecified atom stereocenters. The molecule has 1 aliphatic heterocycles. The lowest BCUT2D eigenvalue weighted by Gasteiger charge is -2.33. The highest BCUT2D eigenvalue weighted by molar-refractivity contribution is 6.09. The number of benzene rings is 1. The normalized spacial score (nSPS) is 25.7. The van der Waals surface area contributed by atoms with Crippen LogP contribution < -0.4 is 5.32 Å². The Morgan fingerprint density at radius 1 is 1.44 bits per heavy atom. The van der Waals surface area contributed by atoms with Gasteiger partial charge in [-0.2, -0.15) is 0 Å². The first-order valence-electron chi connectivity index (χ1n) is 6.46. The lowest BCUT2D eigenvalue weighted by Crippen LogP contribution is -2.45. The molecule has 0 saturated carbocycles. The van der Waals surface area contributed by atoms with E-state index in [0.717, 1.165) is 24.8 Å². The van der Waals surface area contributed by atoms with Crippen LogP contribution in [0.4, 0.5) is 4.79 Å². The summed E-state index contributed by atoms with van der Waals surface area (Å²) < 4.78 is 0. The second-order valence-electron chi connectivity index (χ2n) is 4.97. The average molecular weight is 243 g/mol. The topological polar surface area (TPSA) is 56.2 Å². The second kappa shape index (κ2) is 3.83. The lowest BCUT2D eigenvalue weighted by molar-refractivity contribution is 0.172. The standard InChI is InChI=1S/C14H17N3O/c1-2-9-17-13(18)16-12(15)14(17)8-7-10-5-3-4-6-11(10)14/h3-6H,2,7-9H2,1H3,(H2,15,16,18). The smallest absolute Gasteiger partial charge is 0.307 e. The first-order chi connectivity index (χ1) is 8.70. The van der Waals surface area contributed by atoms with Crippen LogP contribution in [0.3, 0.4) is 0 Å². The van der Waals surface area contributed by atoms with E-state index in [9.17, 15) is 4.79 Å². The van der Waals surface area contributed by atoms with E-state index in [1.165, 1.54) is 5.56 Å². The molecule has 1 aromatic rings. The molecule has 2 amide bonds. The number of amides is 2. The van der Waals surface area contributed by atoms with Gasteiger partial charge in [0.15, 0.2) is 0 Å². The SMILES string of the molecule is CCCN1C(=O)NC(=N)C12CCc1ccccc12. The van der Waals surface area contributed by atoms with Crippen LogP contribution in [0.25, 0.3) is 0 Å². The molecular weight excluding hydrogens is 226 g/mol. The Hall–Kier alpha value is -1.84. The second-order valence-corrected chi connectivity index (χ2v) is 4.97.